The first-order chi connectivity index (χ1) is 19.7. The van der Waals surface area contributed by atoms with E-state index < -0.39 is 24.7 Å². The van der Waals surface area contributed by atoms with Crippen molar-refractivity contribution in [3.05, 3.63) is 59.5 Å². The number of carbonyl (C=O) groups excluding carboxylic acids is 2. The summed E-state index contributed by atoms with van der Waals surface area (Å²) in [4.78, 5) is 35.0. The van der Waals surface area contributed by atoms with Gasteiger partial charge in [-0.25, -0.2) is 18.2 Å². The average molecular weight is 566 g/mol. The van der Waals surface area contributed by atoms with Gasteiger partial charge in [0.1, 0.15) is 23.0 Å². The molecule has 9 nitrogen and oxygen atoms in total. The molecule has 3 aliphatic carbocycles. The third-order valence-corrected chi connectivity index (χ3v) is 7.68. The van der Waals surface area contributed by atoms with E-state index in [4.69, 9.17) is 9.15 Å². The van der Waals surface area contributed by atoms with Crippen LogP contribution >= 0.6 is 0 Å². The third kappa shape index (κ3) is 4.72. The maximum Gasteiger partial charge on any atom is 0.257 e. The van der Waals surface area contributed by atoms with E-state index in [1.165, 1.54) is 44.6 Å². The lowest BCUT2D eigenvalue weighted by atomic mass is 9.50. The molecular weight excluding hydrogens is 539 g/mol. The van der Waals surface area contributed by atoms with Gasteiger partial charge in [-0.2, -0.15) is 4.98 Å². The lowest BCUT2D eigenvalue weighted by Gasteiger charge is -2.61. The van der Waals surface area contributed by atoms with Gasteiger partial charge in [-0.05, 0) is 61.6 Å². The first-order valence-electron chi connectivity index (χ1n) is 13.0. The molecule has 3 heterocycles. The van der Waals surface area contributed by atoms with Crippen molar-refractivity contribution in [3.63, 3.8) is 0 Å². The van der Waals surface area contributed by atoms with Crippen molar-refractivity contribution < 1.29 is 31.9 Å². The number of hydrogen-bond donors (Lipinski definition) is 3. The van der Waals surface area contributed by atoms with Crippen LogP contribution in [0.15, 0.2) is 47.0 Å². The number of alkyl halides is 2. The molecule has 0 unspecified atom stereocenters. The van der Waals surface area contributed by atoms with Crippen LogP contribution in [0.4, 0.5) is 19.0 Å². The number of nitrogens with zero attached hydrogens (tertiary/aromatic N) is 2. The summed E-state index contributed by atoms with van der Waals surface area (Å²) in [5.74, 6) is -0.358. The van der Waals surface area contributed by atoms with E-state index in [1.54, 1.807) is 12.1 Å². The molecule has 2 bridgehead atoms. The van der Waals surface area contributed by atoms with Crippen LogP contribution in [0.25, 0.3) is 33.6 Å². The van der Waals surface area contributed by atoms with Crippen LogP contribution in [0.5, 0.6) is 5.88 Å². The first kappa shape index (κ1) is 26.6. The van der Waals surface area contributed by atoms with E-state index in [-0.39, 0.29) is 51.1 Å². The molecule has 7 rings (SSSR count). The van der Waals surface area contributed by atoms with Gasteiger partial charge >= 0.3 is 0 Å². The molecule has 12 heteroatoms. The monoisotopic (exact) mass is 565 g/mol. The van der Waals surface area contributed by atoms with E-state index in [0.29, 0.717) is 22.6 Å². The molecule has 0 aliphatic heterocycles. The van der Waals surface area contributed by atoms with Gasteiger partial charge in [-0.15, -0.1) is 0 Å². The van der Waals surface area contributed by atoms with Gasteiger partial charge in [0.15, 0.2) is 0 Å². The maximum atomic E-state index is 13.6. The van der Waals surface area contributed by atoms with Crippen LogP contribution in [0.1, 0.15) is 40.0 Å². The molecule has 3 N–H and O–H groups in total. The fourth-order valence-electron chi connectivity index (χ4n) is 5.57. The highest BCUT2D eigenvalue weighted by Gasteiger charge is 2.57. The highest BCUT2D eigenvalue weighted by Crippen LogP contribution is 2.57. The number of fused-ring (bicyclic) bond motifs is 1. The summed E-state index contributed by atoms with van der Waals surface area (Å²) in [5, 5.41) is 8.58. The van der Waals surface area contributed by atoms with Crippen molar-refractivity contribution in [3.8, 4) is 28.3 Å². The van der Waals surface area contributed by atoms with Crippen molar-refractivity contribution in [2.24, 2.45) is 5.92 Å². The Balaban J connectivity index is 1.50. The topological polar surface area (TPSA) is 118 Å². The SMILES string of the molecule is CNC(=O)c1c(-c2ccc(F)cc2)oc2nc(NCC(F)F)c(-c3cnc(OC)c(C(=O)NC45CC(C4)C5)c3)cc12. The van der Waals surface area contributed by atoms with Crippen LogP contribution in [-0.2, 0) is 0 Å². The number of rotatable bonds is 9. The molecule has 2 amide bonds. The summed E-state index contributed by atoms with van der Waals surface area (Å²) in [7, 11) is 2.85. The third-order valence-electron chi connectivity index (χ3n) is 7.68. The number of carbonyl (C=O) groups is 2. The number of pyridine rings is 2. The normalized spacial score (nSPS) is 18.9. The highest BCUT2D eigenvalue weighted by molar-refractivity contribution is 6.11. The minimum absolute atomic E-state index is 0.00602. The Morgan fingerprint density at radius 1 is 1.12 bits per heavy atom. The fourth-order valence-corrected chi connectivity index (χ4v) is 5.57. The van der Waals surface area contributed by atoms with E-state index in [1.807, 2.05) is 0 Å². The molecule has 212 valence electrons. The maximum absolute atomic E-state index is 13.6. The van der Waals surface area contributed by atoms with Gasteiger partial charge in [0.2, 0.25) is 11.6 Å². The molecular formula is C29H26F3N5O4. The smallest absolute Gasteiger partial charge is 0.257 e. The summed E-state index contributed by atoms with van der Waals surface area (Å²) < 4.78 is 51.4. The summed E-state index contributed by atoms with van der Waals surface area (Å²) in [6, 6.07) is 8.51. The van der Waals surface area contributed by atoms with Crippen molar-refractivity contribution in [1.29, 1.82) is 0 Å². The lowest BCUT2D eigenvalue weighted by molar-refractivity contribution is -0.0439. The van der Waals surface area contributed by atoms with Crippen LogP contribution in [0.2, 0.25) is 0 Å². The largest absolute Gasteiger partial charge is 0.480 e. The van der Waals surface area contributed by atoms with Crippen molar-refractivity contribution in [1.82, 2.24) is 20.6 Å². The fraction of sp³-hybridized carbons (Fsp3) is 0.310. The zero-order valence-electron chi connectivity index (χ0n) is 22.2. The molecule has 1 aromatic carbocycles. The molecule has 3 aliphatic rings. The Morgan fingerprint density at radius 3 is 2.46 bits per heavy atom. The number of anilines is 1. The predicted molar refractivity (Wildman–Crippen MR) is 145 cm³/mol. The van der Waals surface area contributed by atoms with Gasteiger partial charge in [0.05, 0.1) is 24.6 Å². The lowest BCUT2D eigenvalue weighted by Crippen LogP contribution is -2.68. The highest BCUT2D eigenvalue weighted by atomic mass is 19.3. The van der Waals surface area contributed by atoms with Crippen LogP contribution in [0.3, 0.4) is 0 Å². The minimum Gasteiger partial charge on any atom is -0.480 e. The molecule has 0 spiro atoms. The number of amides is 2. The Labute approximate surface area is 232 Å². The number of ether oxygens (including phenoxy) is 1. The molecule has 41 heavy (non-hydrogen) atoms. The number of halogens is 3. The Bertz CT molecular complexity index is 1650. The van der Waals surface area contributed by atoms with Gasteiger partial charge in [0.25, 0.3) is 18.2 Å². The Morgan fingerprint density at radius 2 is 1.85 bits per heavy atom. The van der Waals surface area contributed by atoms with Crippen molar-refractivity contribution in [2.45, 2.75) is 31.2 Å². The van der Waals surface area contributed by atoms with Gasteiger partial charge in [0, 0.05) is 35.5 Å². The summed E-state index contributed by atoms with van der Waals surface area (Å²) >= 11 is 0. The average Bonchev–Trinajstić information content (AvgIpc) is 3.30. The summed E-state index contributed by atoms with van der Waals surface area (Å²) in [5.41, 5.74) is 1.24. The zero-order valence-corrected chi connectivity index (χ0v) is 22.2. The van der Waals surface area contributed by atoms with Crippen LogP contribution < -0.4 is 20.7 Å². The number of aromatic nitrogens is 2. The molecule has 3 fully saturated rings. The molecule has 0 saturated heterocycles. The second kappa shape index (κ2) is 10.1. The number of furan rings is 1. The van der Waals surface area contributed by atoms with E-state index in [0.717, 1.165) is 19.3 Å². The second-order valence-corrected chi connectivity index (χ2v) is 10.4. The Hall–Kier alpha value is -4.61. The standard InChI is InChI=1S/C29H26F3N5O4/c1-33-26(39)22-19-8-18(16-7-20(27(40-2)35-12-16)25(38)37-29-9-14(10-29)11-29)24(34-13-21(31)32)36-28(19)41-23(22)15-3-5-17(30)6-4-15/h3-8,12,14,21H,9-11,13H2,1-2H3,(H,33,39)(H,34,36)(H,37,38). The second-order valence-electron chi connectivity index (χ2n) is 10.4. The quantitative estimate of drug-likeness (QED) is 0.261. The predicted octanol–water partition coefficient (Wildman–Crippen LogP) is 5.02. The van der Waals surface area contributed by atoms with Crippen LogP contribution in [0, 0.1) is 11.7 Å². The molecule has 3 aromatic heterocycles. The van der Waals surface area contributed by atoms with Crippen molar-refractivity contribution >= 4 is 28.7 Å². The van der Waals surface area contributed by atoms with Gasteiger partial charge in [-0.1, -0.05) is 0 Å². The van der Waals surface area contributed by atoms with Crippen LogP contribution in [-0.4, -0.2) is 54.4 Å². The van der Waals surface area contributed by atoms with Gasteiger partial charge < -0.3 is 25.1 Å². The molecule has 4 aromatic rings. The van der Waals surface area contributed by atoms with Gasteiger partial charge in [-0.3, -0.25) is 9.59 Å². The number of benzene rings is 1. The van der Waals surface area contributed by atoms with E-state index in [2.05, 4.69) is 25.9 Å². The summed E-state index contributed by atoms with van der Waals surface area (Å²) in [6.07, 6.45) is 1.57. The Kier molecular flexibility index (Phi) is 6.55. The number of nitrogens with one attached hydrogen (secondary N) is 3. The van der Waals surface area contributed by atoms with E-state index >= 15 is 0 Å². The molecule has 3 saturated carbocycles. The molecule has 0 atom stereocenters. The van der Waals surface area contributed by atoms with E-state index in [9.17, 15) is 22.8 Å². The zero-order chi connectivity index (χ0) is 28.9. The number of hydrogen-bond acceptors (Lipinski definition) is 7. The number of methoxy groups -OCH3 is 1. The first-order valence-corrected chi connectivity index (χ1v) is 13.0. The summed E-state index contributed by atoms with van der Waals surface area (Å²) in [6.45, 7) is -0.708. The van der Waals surface area contributed by atoms with Crippen molar-refractivity contribution in [2.75, 3.05) is 26.0 Å². The molecule has 0 radical (unpaired) electrons. The minimum atomic E-state index is -2.68.